The van der Waals surface area contributed by atoms with E-state index in [2.05, 4.69) is 76.6 Å². The average molecular weight is 518 g/mol. The molecule has 0 unspecified atom stereocenters. The zero-order chi connectivity index (χ0) is 27.2. The Morgan fingerprint density at radius 2 is 1.59 bits per heavy atom. The van der Waals surface area contributed by atoms with Crippen LogP contribution in [0.5, 0.6) is 11.5 Å². The van der Waals surface area contributed by atoms with Crippen LogP contribution in [-0.4, -0.2) is 30.9 Å². The molecule has 0 spiro atoms. The molecule has 0 saturated carbocycles. The minimum atomic E-state index is -0.177. The van der Waals surface area contributed by atoms with Gasteiger partial charge < -0.3 is 14.0 Å². The number of rotatable bonds is 9. The molecule has 39 heavy (non-hydrogen) atoms. The van der Waals surface area contributed by atoms with Gasteiger partial charge in [0, 0.05) is 29.5 Å². The molecule has 0 aliphatic heterocycles. The maximum absolute atomic E-state index is 12.9. The molecule has 5 rings (SSSR count). The molecule has 0 bridgehead atoms. The topological polar surface area (TPSA) is 64.8 Å². The van der Waals surface area contributed by atoms with Gasteiger partial charge in [-0.05, 0) is 41.8 Å². The van der Waals surface area contributed by atoms with E-state index in [0.29, 0.717) is 23.6 Å². The normalized spacial score (nSPS) is 11.2. The first-order valence-corrected chi connectivity index (χ1v) is 12.9. The third-order valence-corrected chi connectivity index (χ3v) is 6.79. The van der Waals surface area contributed by atoms with Gasteiger partial charge in [-0.2, -0.15) is 5.10 Å². The van der Waals surface area contributed by atoms with Crippen molar-refractivity contribution in [2.45, 2.75) is 19.9 Å². The number of nitrogens with one attached hydrogen (secondary N) is 1. The van der Waals surface area contributed by atoms with Crippen LogP contribution >= 0.6 is 0 Å². The Morgan fingerprint density at radius 1 is 0.872 bits per heavy atom. The van der Waals surface area contributed by atoms with Gasteiger partial charge >= 0.3 is 0 Å². The lowest BCUT2D eigenvalue weighted by molar-refractivity contribution is -0.121. The van der Waals surface area contributed by atoms with Crippen LogP contribution in [0, 0.1) is 6.92 Å². The van der Waals surface area contributed by atoms with E-state index in [1.165, 1.54) is 10.9 Å². The second-order valence-corrected chi connectivity index (χ2v) is 9.23. The highest BCUT2D eigenvalue weighted by atomic mass is 16.5. The van der Waals surface area contributed by atoms with Crippen LogP contribution < -0.4 is 14.9 Å². The number of hydrazone groups is 1. The number of hydrogen-bond acceptors (Lipinski definition) is 4. The summed E-state index contributed by atoms with van der Waals surface area (Å²) in [6.07, 6.45) is 1.83. The predicted molar refractivity (Wildman–Crippen MR) is 157 cm³/mol. The monoisotopic (exact) mass is 517 g/mol. The van der Waals surface area contributed by atoms with Crippen LogP contribution in [0.4, 0.5) is 0 Å². The van der Waals surface area contributed by atoms with Gasteiger partial charge in [-0.25, -0.2) is 5.43 Å². The van der Waals surface area contributed by atoms with Crippen molar-refractivity contribution >= 4 is 23.0 Å². The van der Waals surface area contributed by atoms with E-state index in [1.807, 2.05) is 30.3 Å². The van der Waals surface area contributed by atoms with Crippen molar-refractivity contribution in [3.05, 3.63) is 108 Å². The minimum Gasteiger partial charge on any atom is -0.497 e. The van der Waals surface area contributed by atoms with Crippen molar-refractivity contribution in [1.29, 1.82) is 0 Å². The first kappa shape index (κ1) is 25.8. The molecule has 0 fully saturated rings. The summed E-state index contributed by atoms with van der Waals surface area (Å²) >= 11 is 0. The van der Waals surface area contributed by atoms with Crippen molar-refractivity contribution in [2.75, 3.05) is 14.2 Å². The molecule has 1 heterocycles. The fraction of sp³-hybridized carbons (Fsp3) is 0.152. The summed E-state index contributed by atoms with van der Waals surface area (Å²) in [7, 11) is 3.19. The number of aromatic nitrogens is 1. The summed E-state index contributed by atoms with van der Waals surface area (Å²) in [5.41, 5.74) is 10.2. The van der Waals surface area contributed by atoms with Crippen LogP contribution in [-0.2, 0) is 11.3 Å². The van der Waals surface area contributed by atoms with Crippen LogP contribution in [0.1, 0.15) is 17.5 Å². The fourth-order valence-corrected chi connectivity index (χ4v) is 4.99. The largest absolute Gasteiger partial charge is 0.497 e. The number of carbonyl (C=O) groups excluding carboxylic acids is 1. The molecule has 1 aromatic heterocycles. The van der Waals surface area contributed by atoms with E-state index in [4.69, 9.17) is 9.47 Å². The lowest BCUT2D eigenvalue weighted by atomic mass is 9.98. The van der Waals surface area contributed by atoms with Crippen LogP contribution in [0.25, 0.3) is 33.3 Å². The van der Waals surface area contributed by atoms with Gasteiger partial charge in [-0.1, -0.05) is 78.9 Å². The third-order valence-electron chi connectivity index (χ3n) is 6.79. The number of amides is 1. The zero-order valence-electron chi connectivity index (χ0n) is 22.3. The molecule has 0 aliphatic rings. The van der Waals surface area contributed by atoms with E-state index >= 15 is 0 Å². The van der Waals surface area contributed by atoms with Crippen LogP contribution in [0.2, 0.25) is 0 Å². The summed E-state index contributed by atoms with van der Waals surface area (Å²) in [6.45, 7) is 2.62. The molecule has 6 heteroatoms. The van der Waals surface area contributed by atoms with Crippen molar-refractivity contribution in [2.24, 2.45) is 5.10 Å². The standard InChI is InChI=1S/C33H31N3O3/c1-23-11-10-16-28-31(24-12-6-4-7-13-24)33(25-14-8-5-9-15-25)36(32(23)28)20-19-30(37)35-34-22-26-21-27(38-2)17-18-29(26)39-3/h4-18,21-22H,19-20H2,1-3H3,(H,35,37)/b34-22+. The van der Waals surface area contributed by atoms with E-state index < -0.39 is 0 Å². The number of fused-ring (bicyclic) bond motifs is 1. The summed E-state index contributed by atoms with van der Waals surface area (Å²) in [4.78, 5) is 12.9. The SMILES string of the molecule is COc1ccc(OC)c(/C=N/NC(=O)CCn2c(-c3ccccc3)c(-c3ccccc3)c3cccc(C)c32)c1. The molecular formula is C33H31N3O3. The minimum absolute atomic E-state index is 0.177. The van der Waals surface area contributed by atoms with Crippen molar-refractivity contribution in [1.82, 2.24) is 9.99 Å². The first-order valence-electron chi connectivity index (χ1n) is 12.9. The third kappa shape index (κ3) is 5.41. The smallest absolute Gasteiger partial charge is 0.241 e. The molecule has 4 aromatic carbocycles. The zero-order valence-corrected chi connectivity index (χ0v) is 22.3. The van der Waals surface area contributed by atoms with Gasteiger partial charge in [0.05, 0.1) is 31.6 Å². The number of carbonyl (C=O) groups is 1. The predicted octanol–water partition coefficient (Wildman–Crippen LogP) is 6.84. The maximum Gasteiger partial charge on any atom is 0.241 e. The van der Waals surface area contributed by atoms with Gasteiger partial charge in [0.25, 0.3) is 0 Å². The van der Waals surface area contributed by atoms with E-state index in [1.54, 1.807) is 32.6 Å². The maximum atomic E-state index is 12.9. The molecule has 6 nitrogen and oxygen atoms in total. The lowest BCUT2D eigenvalue weighted by Crippen LogP contribution is -2.19. The van der Waals surface area contributed by atoms with Crippen LogP contribution in [0.3, 0.4) is 0 Å². The number of ether oxygens (including phenoxy) is 2. The van der Waals surface area contributed by atoms with Crippen molar-refractivity contribution in [3.63, 3.8) is 0 Å². The molecule has 0 atom stereocenters. The Labute approximate surface area is 228 Å². The summed E-state index contributed by atoms with van der Waals surface area (Å²) in [6, 6.07) is 32.6. The molecular weight excluding hydrogens is 486 g/mol. The van der Waals surface area contributed by atoms with Gasteiger partial charge in [0.1, 0.15) is 11.5 Å². The number of benzene rings is 4. The molecule has 5 aromatic rings. The highest BCUT2D eigenvalue weighted by Crippen LogP contribution is 2.42. The average Bonchev–Trinajstić information content (AvgIpc) is 3.32. The molecule has 0 saturated heterocycles. The number of nitrogens with zero attached hydrogens (tertiary/aromatic N) is 2. The van der Waals surface area contributed by atoms with E-state index in [-0.39, 0.29) is 12.3 Å². The van der Waals surface area contributed by atoms with Gasteiger partial charge in [-0.3, -0.25) is 4.79 Å². The highest BCUT2D eigenvalue weighted by Gasteiger charge is 2.21. The van der Waals surface area contributed by atoms with E-state index in [9.17, 15) is 4.79 Å². The first-order chi connectivity index (χ1) is 19.1. The molecule has 196 valence electrons. The van der Waals surface area contributed by atoms with Crippen molar-refractivity contribution < 1.29 is 14.3 Å². The number of aryl methyl sites for hydroxylation is 2. The Bertz CT molecular complexity index is 1620. The molecule has 0 radical (unpaired) electrons. The Kier molecular flexibility index (Phi) is 7.73. The lowest BCUT2D eigenvalue weighted by Gasteiger charge is -2.13. The van der Waals surface area contributed by atoms with E-state index in [0.717, 1.165) is 27.9 Å². The Balaban J connectivity index is 1.47. The molecule has 0 aliphatic carbocycles. The van der Waals surface area contributed by atoms with Gasteiger partial charge in [0.15, 0.2) is 0 Å². The summed E-state index contributed by atoms with van der Waals surface area (Å²) in [5.74, 6) is 1.15. The number of hydrogen-bond donors (Lipinski definition) is 1. The van der Waals surface area contributed by atoms with Crippen molar-refractivity contribution in [3.8, 4) is 33.9 Å². The highest BCUT2D eigenvalue weighted by molar-refractivity contribution is 6.05. The summed E-state index contributed by atoms with van der Waals surface area (Å²) in [5, 5.41) is 5.35. The van der Waals surface area contributed by atoms with Crippen LogP contribution in [0.15, 0.2) is 102 Å². The molecule has 1 N–H and O–H groups in total. The number of para-hydroxylation sites is 1. The molecule has 1 amide bonds. The Hall–Kier alpha value is -4.84. The van der Waals surface area contributed by atoms with Gasteiger partial charge in [0.2, 0.25) is 5.91 Å². The second-order valence-electron chi connectivity index (χ2n) is 9.23. The second kappa shape index (κ2) is 11.7. The van der Waals surface area contributed by atoms with Gasteiger partial charge in [-0.15, -0.1) is 0 Å². The Morgan fingerprint density at radius 3 is 2.28 bits per heavy atom. The fourth-order valence-electron chi connectivity index (χ4n) is 4.99. The quantitative estimate of drug-likeness (QED) is 0.172. The number of methoxy groups -OCH3 is 2. The summed E-state index contributed by atoms with van der Waals surface area (Å²) < 4.78 is 13.0.